The molecule has 0 saturated carbocycles. The molecule has 0 fully saturated rings. The molecule has 1 aromatic rings. The van der Waals surface area contributed by atoms with Gasteiger partial charge in [-0.1, -0.05) is 0 Å². The smallest absolute Gasteiger partial charge is 0.320 e. The van der Waals surface area contributed by atoms with Crippen molar-refractivity contribution < 1.29 is 9.72 Å². The van der Waals surface area contributed by atoms with Gasteiger partial charge in [-0.05, 0) is 6.92 Å². The molecule has 7 nitrogen and oxygen atoms in total. The summed E-state index contributed by atoms with van der Waals surface area (Å²) >= 11 is 0. The van der Waals surface area contributed by atoms with E-state index >= 15 is 0 Å². The van der Waals surface area contributed by atoms with Crippen molar-refractivity contribution >= 4 is 11.6 Å². The van der Waals surface area contributed by atoms with Gasteiger partial charge in [0.25, 0.3) is 5.91 Å². The fourth-order valence-electron chi connectivity index (χ4n) is 0.987. The molecule has 1 heterocycles. The Balaban J connectivity index is 3.18. The van der Waals surface area contributed by atoms with E-state index in [1.165, 1.54) is 17.9 Å². The Bertz CT molecular complexity index is 371. The first-order valence-corrected chi connectivity index (χ1v) is 4.04. The Kier molecular flexibility index (Phi) is 2.80. The van der Waals surface area contributed by atoms with Crippen LogP contribution in [-0.2, 0) is 6.54 Å². The van der Waals surface area contributed by atoms with Crippen LogP contribution in [0.1, 0.15) is 17.4 Å². The van der Waals surface area contributed by atoms with Gasteiger partial charge in [-0.15, -0.1) is 0 Å². The van der Waals surface area contributed by atoms with Gasteiger partial charge in [0.1, 0.15) is 6.20 Å². The monoisotopic (exact) mass is 198 g/mol. The third-order valence-electron chi connectivity index (χ3n) is 1.71. The SMILES string of the molecule is CCn1cc([N+](=O)[O-])c(C(=O)NC)n1. The van der Waals surface area contributed by atoms with E-state index in [0.29, 0.717) is 6.54 Å². The molecule has 14 heavy (non-hydrogen) atoms. The van der Waals surface area contributed by atoms with Gasteiger partial charge < -0.3 is 5.32 Å². The minimum Gasteiger partial charge on any atom is -0.353 e. The molecule has 0 atom stereocenters. The number of rotatable bonds is 3. The van der Waals surface area contributed by atoms with Gasteiger partial charge in [0.15, 0.2) is 0 Å². The van der Waals surface area contributed by atoms with Gasteiger partial charge in [0.2, 0.25) is 5.69 Å². The molecule has 0 aromatic carbocycles. The van der Waals surface area contributed by atoms with Crippen molar-refractivity contribution in [3.8, 4) is 0 Å². The molecule has 0 radical (unpaired) electrons. The molecule has 0 aliphatic carbocycles. The predicted molar refractivity (Wildman–Crippen MR) is 47.9 cm³/mol. The summed E-state index contributed by atoms with van der Waals surface area (Å²) < 4.78 is 1.35. The summed E-state index contributed by atoms with van der Waals surface area (Å²) in [5.74, 6) is -0.552. The van der Waals surface area contributed by atoms with Crippen LogP contribution in [0.4, 0.5) is 5.69 Å². The lowest BCUT2D eigenvalue weighted by molar-refractivity contribution is -0.385. The van der Waals surface area contributed by atoms with Gasteiger partial charge in [-0.3, -0.25) is 19.6 Å². The first kappa shape index (κ1) is 10.2. The van der Waals surface area contributed by atoms with Crippen LogP contribution in [0.2, 0.25) is 0 Å². The van der Waals surface area contributed by atoms with Crippen LogP contribution >= 0.6 is 0 Å². The summed E-state index contributed by atoms with van der Waals surface area (Å²) in [5.41, 5.74) is -0.425. The fourth-order valence-corrected chi connectivity index (χ4v) is 0.987. The Morgan fingerprint density at radius 3 is 2.86 bits per heavy atom. The highest BCUT2D eigenvalue weighted by molar-refractivity contribution is 5.95. The lowest BCUT2D eigenvalue weighted by Crippen LogP contribution is -2.19. The van der Waals surface area contributed by atoms with Crippen LogP contribution in [0.3, 0.4) is 0 Å². The topological polar surface area (TPSA) is 90.1 Å². The number of amides is 1. The van der Waals surface area contributed by atoms with E-state index < -0.39 is 10.8 Å². The van der Waals surface area contributed by atoms with Crippen molar-refractivity contribution in [3.05, 3.63) is 22.0 Å². The largest absolute Gasteiger partial charge is 0.353 e. The van der Waals surface area contributed by atoms with Gasteiger partial charge in [-0.2, -0.15) is 5.10 Å². The number of carbonyl (C=O) groups excluding carboxylic acids is 1. The number of nitro groups is 1. The van der Waals surface area contributed by atoms with E-state index in [1.54, 1.807) is 6.92 Å². The predicted octanol–water partition coefficient (Wildman–Crippen LogP) is 0.171. The number of hydrogen-bond acceptors (Lipinski definition) is 4. The van der Waals surface area contributed by atoms with Crippen LogP contribution in [-0.4, -0.2) is 27.7 Å². The number of aryl methyl sites for hydroxylation is 1. The zero-order valence-corrected chi connectivity index (χ0v) is 7.85. The van der Waals surface area contributed by atoms with Gasteiger partial charge in [0, 0.05) is 13.6 Å². The number of aromatic nitrogens is 2. The summed E-state index contributed by atoms with van der Waals surface area (Å²) in [6.45, 7) is 2.27. The molecule has 1 aromatic heterocycles. The molecule has 1 amide bonds. The molecule has 0 unspecified atom stereocenters. The van der Waals surface area contributed by atoms with E-state index in [4.69, 9.17) is 0 Å². The van der Waals surface area contributed by atoms with E-state index in [0.717, 1.165) is 0 Å². The fraction of sp³-hybridized carbons (Fsp3) is 0.429. The summed E-state index contributed by atoms with van der Waals surface area (Å²) in [6, 6.07) is 0. The summed E-state index contributed by atoms with van der Waals surface area (Å²) in [4.78, 5) is 21.1. The first-order chi connectivity index (χ1) is 6.60. The Labute approximate surface area is 79.9 Å². The maximum atomic E-state index is 11.2. The molecule has 7 heteroatoms. The van der Waals surface area contributed by atoms with Crippen molar-refractivity contribution in [1.29, 1.82) is 0 Å². The van der Waals surface area contributed by atoms with Crippen molar-refractivity contribution in [2.24, 2.45) is 0 Å². The molecule has 0 bridgehead atoms. The number of carbonyl (C=O) groups is 1. The van der Waals surface area contributed by atoms with Gasteiger partial charge in [0.05, 0.1) is 4.92 Å². The third kappa shape index (κ3) is 1.70. The first-order valence-electron chi connectivity index (χ1n) is 4.04. The van der Waals surface area contributed by atoms with Crippen LogP contribution in [0.5, 0.6) is 0 Å². The van der Waals surface area contributed by atoms with Crippen LogP contribution in [0.15, 0.2) is 6.20 Å². The van der Waals surface area contributed by atoms with Crippen molar-refractivity contribution in [2.45, 2.75) is 13.5 Å². The molecule has 76 valence electrons. The second-order valence-electron chi connectivity index (χ2n) is 2.55. The number of nitrogens with zero attached hydrogens (tertiary/aromatic N) is 3. The standard InChI is InChI=1S/C7H10N4O3/c1-3-10-4-5(11(13)14)6(9-10)7(12)8-2/h4H,3H2,1-2H3,(H,8,12). The lowest BCUT2D eigenvalue weighted by atomic mass is 10.3. The van der Waals surface area contributed by atoms with E-state index in [-0.39, 0.29) is 11.4 Å². The van der Waals surface area contributed by atoms with E-state index in [2.05, 4.69) is 10.4 Å². The molecular formula is C7H10N4O3. The molecule has 0 saturated heterocycles. The number of hydrogen-bond donors (Lipinski definition) is 1. The molecule has 1 N–H and O–H groups in total. The zero-order chi connectivity index (χ0) is 10.7. The molecule has 0 aliphatic heterocycles. The minimum absolute atomic E-state index is 0.153. The van der Waals surface area contributed by atoms with E-state index in [9.17, 15) is 14.9 Å². The van der Waals surface area contributed by atoms with Crippen molar-refractivity contribution in [3.63, 3.8) is 0 Å². The maximum absolute atomic E-state index is 11.2. The van der Waals surface area contributed by atoms with E-state index in [1.807, 2.05) is 0 Å². The highest BCUT2D eigenvalue weighted by Gasteiger charge is 2.24. The Hall–Kier alpha value is -1.92. The summed E-state index contributed by atoms with van der Waals surface area (Å²) in [7, 11) is 1.40. The summed E-state index contributed by atoms with van der Waals surface area (Å²) in [6.07, 6.45) is 1.24. The minimum atomic E-state index is -0.621. The third-order valence-corrected chi connectivity index (χ3v) is 1.71. The van der Waals surface area contributed by atoms with Crippen LogP contribution in [0.25, 0.3) is 0 Å². The van der Waals surface area contributed by atoms with Gasteiger partial charge >= 0.3 is 5.69 Å². The molecular weight excluding hydrogens is 188 g/mol. The van der Waals surface area contributed by atoms with Crippen molar-refractivity contribution in [1.82, 2.24) is 15.1 Å². The normalized spacial score (nSPS) is 9.86. The quantitative estimate of drug-likeness (QED) is 0.553. The zero-order valence-electron chi connectivity index (χ0n) is 7.85. The maximum Gasteiger partial charge on any atom is 0.320 e. The molecule has 1 rings (SSSR count). The molecule has 0 aliphatic rings. The second kappa shape index (κ2) is 3.86. The van der Waals surface area contributed by atoms with Crippen LogP contribution < -0.4 is 5.32 Å². The van der Waals surface area contributed by atoms with Crippen molar-refractivity contribution in [2.75, 3.05) is 7.05 Å². The molecule has 0 spiro atoms. The average Bonchev–Trinajstić information content (AvgIpc) is 2.60. The lowest BCUT2D eigenvalue weighted by Gasteiger charge is -1.93. The highest BCUT2D eigenvalue weighted by atomic mass is 16.6. The van der Waals surface area contributed by atoms with Crippen LogP contribution in [0, 0.1) is 10.1 Å². The second-order valence-corrected chi connectivity index (χ2v) is 2.55. The summed E-state index contributed by atoms with van der Waals surface area (Å²) in [5, 5.41) is 16.6. The number of nitrogens with one attached hydrogen (secondary N) is 1. The highest BCUT2D eigenvalue weighted by Crippen LogP contribution is 2.15. The Morgan fingerprint density at radius 1 is 1.79 bits per heavy atom. The van der Waals surface area contributed by atoms with Gasteiger partial charge in [-0.25, -0.2) is 0 Å². The Morgan fingerprint density at radius 2 is 2.43 bits per heavy atom. The average molecular weight is 198 g/mol.